The van der Waals surface area contributed by atoms with Gasteiger partial charge in [-0.05, 0) is 31.5 Å². The summed E-state index contributed by atoms with van der Waals surface area (Å²) in [6.45, 7) is 14.3. The molecule has 0 aromatic heterocycles. The third-order valence-electron chi connectivity index (χ3n) is 3.86. The molecule has 124 valence electrons. The van der Waals surface area contributed by atoms with E-state index in [0.717, 1.165) is 12.8 Å². The fraction of sp³-hybridized carbons (Fsp3) is 0.867. The SMILES string of the molecule is CCCCC(NC(=O)OCC)C(=O)O[Si](C)(C)C(C)(C)C. The molecule has 0 aromatic carbocycles. The smallest absolute Gasteiger partial charge is 0.407 e. The van der Waals surface area contributed by atoms with Crippen LogP contribution in [0.15, 0.2) is 0 Å². The van der Waals surface area contributed by atoms with Gasteiger partial charge in [-0.1, -0.05) is 40.5 Å². The van der Waals surface area contributed by atoms with E-state index in [4.69, 9.17) is 9.16 Å². The third-order valence-corrected chi connectivity index (χ3v) is 8.18. The van der Waals surface area contributed by atoms with Crippen molar-refractivity contribution in [2.24, 2.45) is 0 Å². The molecule has 0 heterocycles. The summed E-state index contributed by atoms with van der Waals surface area (Å²) >= 11 is 0. The molecular formula is C15H31NO4Si. The van der Waals surface area contributed by atoms with Crippen molar-refractivity contribution >= 4 is 20.4 Å². The molecule has 0 spiro atoms. The molecule has 0 saturated heterocycles. The van der Waals surface area contributed by atoms with Gasteiger partial charge in [0.25, 0.3) is 8.32 Å². The van der Waals surface area contributed by atoms with E-state index in [-0.39, 0.29) is 17.6 Å². The molecule has 1 amide bonds. The predicted molar refractivity (Wildman–Crippen MR) is 86.8 cm³/mol. The van der Waals surface area contributed by atoms with Gasteiger partial charge in [0.2, 0.25) is 0 Å². The van der Waals surface area contributed by atoms with Gasteiger partial charge in [-0.25, -0.2) is 4.79 Å². The standard InChI is InChI=1S/C15H31NO4Si/c1-8-10-11-12(16-14(18)19-9-2)13(17)20-21(6,7)15(3,4)5/h12H,8-11H2,1-7H3,(H,16,18). The molecule has 1 atom stereocenters. The van der Waals surface area contributed by atoms with Gasteiger partial charge in [-0.15, -0.1) is 0 Å². The van der Waals surface area contributed by atoms with Crippen molar-refractivity contribution in [3.05, 3.63) is 0 Å². The van der Waals surface area contributed by atoms with E-state index in [9.17, 15) is 9.59 Å². The van der Waals surface area contributed by atoms with Gasteiger partial charge in [0.1, 0.15) is 6.04 Å². The number of carbonyl (C=O) groups is 2. The summed E-state index contributed by atoms with van der Waals surface area (Å²) in [7, 11) is -2.18. The lowest BCUT2D eigenvalue weighted by atomic mass is 10.1. The lowest BCUT2D eigenvalue weighted by molar-refractivity contribution is -0.138. The van der Waals surface area contributed by atoms with Gasteiger partial charge in [0, 0.05) is 0 Å². The largest absolute Gasteiger partial charge is 0.518 e. The summed E-state index contributed by atoms with van der Waals surface area (Å²) in [4.78, 5) is 23.9. The van der Waals surface area contributed by atoms with Crippen molar-refractivity contribution in [1.82, 2.24) is 5.32 Å². The Hall–Kier alpha value is -1.04. The predicted octanol–water partition coefficient (Wildman–Crippen LogP) is 3.84. The molecule has 0 fully saturated rings. The number of amides is 1. The Balaban J connectivity index is 4.83. The quantitative estimate of drug-likeness (QED) is 0.725. The fourth-order valence-corrected chi connectivity index (χ4v) is 2.40. The minimum absolute atomic E-state index is 0.0537. The van der Waals surface area contributed by atoms with Crippen molar-refractivity contribution in [2.45, 2.75) is 78.1 Å². The highest BCUT2D eigenvalue weighted by Gasteiger charge is 2.41. The van der Waals surface area contributed by atoms with Crippen LogP contribution in [0.4, 0.5) is 4.79 Å². The Morgan fingerprint density at radius 1 is 1.19 bits per heavy atom. The number of ether oxygens (including phenoxy) is 1. The number of hydrogen-bond donors (Lipinski definition) is 1. The highest BCUT2D eigenvalue weighted by atomic mass is 28.4. The highest BCUT2D eigenvalue weighted by molar-refractivity contribution is 6.75. The maximum Gasteiger partial charge on any atom is 0.407 e. The second-order valence-corrected chi connectivity index (χ2v) is 11.5. The number of rotatable bonds is 7. The number of hydrogen-bond acceptors (Lipinski definition) is 4. The molecule has 6 heteroatoms. The summed E-state index contributed by atoms with van der Waals surface area (Å²) in [6, 6.07) is -0.627. The van der Waals surface area contributed by atoms with Crippen LogP contribution < -0.4 is 5.32 Å². The summed E-state index contributed by atoms with van der Waals surface area (Å²) in [5.41, 5.74) is 0. The van der Waals surface area contributed by atoms with Crippen LogP contribution in [0, 0.1) is 0 Å². The van der Waals surface area contributed by atoms with Gasteiger partial charge >= 0.3 is 12.1 Å². The van der Waals surface area contributed by atoms with E-state index in [1.165, 1.54) is 0 Å². The molecule has 0 bridgehead atoms. The van der Waals surface area contributed by atoms with Crippen molar-refractivity contribution in [3.63, 3.8) is 0 Å². The molecule has 0 saturated carbocycles. The Morgan fingerprint density at radius 3 is 2.19 bits per heavy atom. The van der Waals surface area contributed by atoms with E-state index in [1.54, 1.807) is 6.92 Å². The lowest BCUT2D eigenvalue weighted by Gasteiger charge is -2.36. The molecule has 0 radical (unpaired) electrons. The summed E-state index contributed by atoms with van der Waals surface area (Å²) in [5.74, 6) is -0.344. The zero-order valence-corrected chi connectivity index (χ0v) is 15.5. The van der Waals surface area contributed by atoms with Crippen LogP contribution >= 0.6 is 0 Å². The topological polar surface area (TPSA) is 64.6 Å². The van der Waals surface area contributed by atoms with Crippen LogP contribution in [-0.2, 0) is 14.0 Å². The minimum Gasteiger partial charge on any atom is -0.518 e. The van der Waals surface area contributed by atoms with Gasteiger partial charge in [0.15, 0.2) is 0 Å². The lowest BCUT2D eigenvalue weighted by Crippen LogP contribution is -2.49. The normalized spacial score (nSPS) is 13.5. The third kappa shape index (κ3) is 6.97. The number of carbonyl (C=O) groups excluding carboxylic acids is 2. The molecule has 5 nitrogen and oxygen atoms in total. The first-order valence-corrected chi connectivity index (χ1v) is 10.6. The Morgan fingerprint density at radius 2 is 1.76 bits per heavy atom. The van der Waals surface area contributed by atoms with E-state index in [0.29, 0.717) is 6.42 Å². The van der Waals surface area contributed by atoms with Gasteiger partial charge in [-0.3, -0.25) is 4.79 Å². The van der Waals surface area contributed by atoms with E-state index < -0.39 is 20.5 Å². The van der Waals surface area contributed by atoms with Gasteiger partial charge in [0.05, 0.1) is 6.61 Å². The average Bonchev–Trinajstić information content (AvgIpc) is 2.32. The van der Waals surface area contributed by atoms with Crippen molar-refractivity contribution in [3.8, 4) is 0 Å². The van der Waals surface area contributed by atoms with Crippen molar-refractivity contribution in [2.75, 3.05) is 6.61 Å². The number of alkyl carbamates (subject to hydrolysis) is 1. The van der Waals surface area contributed by atoms with Crippen LogP contribution in [0.5, 0.6) is 0 Å². The van der Waals surface area contributed by atoms with Crippen LogP contribution in [-0.4, -0.2) is 33.0 Å². The first-order valence-electron chi connectivity index (χ1n) is 7.71. The Kier molecular flexibility index (Phi) is 7.99. The molecule has 21 heavy (non-hydrogen) atoms. The maximum absolute atomic E-state index is 12.4. The monoisotopic (exact) mass is 317 g/mol. The molecule has 0 aliphatic rings. The molecule has 0 aromatic rings. The highest BCUT2D eigenvalue weighted by Crippen LogP contribution is 2.36. The maximum atomic E-state index is 12.4. The zero-order chi connectivity index (χ0) is 16.7. The molecule has 0 aliphatic carbocycles. The number of unbranched alkanes of at least 4 members (excludes halogenated alkanes) is 1. The Labute approximate surface area is 129 Å². The molecule has 1 unspecified atom stereocenters. The second kappa shape index (κ2) is 8.41. The van der Waals surface area contributed by atoms with Crippen LogP contribution in [0.2, 0.25) is 18.1 Å². The molecule has 0 aliphatic heterocycles. The Bertz CT molecular complexity index is 350. The summed E-state index contributed by atoms with van der Waals surface area (Å²) in [6.07, 6.45) is 1.81. The first kappa shape index (κ1) is 20.0. The zero-order valence-electron chi connectivity index (χ0n) is 14.5. The van der Waals surface area contributed by atoms with Gasteiger partial charge in [-0.2, -0.15) is 0 Å². The summed E-state index contributed by atoms with van der Waals surface area (Å²) in [5, 5.41) is 2.56. The molecular weight excluding hydrogens is 286 g/mol. The van der Waals surface area contributed by atoms with Crippen LogP contribution in [0.1, 0.15) is 53.9 Å². The molecule has 0 rings (SSSR count). The fourth-order valence-electron chi connectivity index (χ4n) is 1.45. The van der Waals surface area contributed by atoms with E-state index in [2.05, 4.69) is 26.1 Å². The van der Waals surface area contributed by atoms with Gasteiger partial charge < -0.3 is 14.5 Å². The second-order valence-electron chi connectivity index (χ2n) is 6.74. The van der Waals surface area contributed by atoms with E-state index in [1.807, 2.05) is 20.0 Å². The first-order chi connectivity index (χ1) is 9.55. The van der Waals surface area contributed by atoms with Crippen molar-refractivity contribution in [1.29, 1.82) is 0 Å². The summed E-state index contributed by atoms with van der Waals surface area (Å²) < 4.78 is 10.6. The average molecular weight is 318 g/mol. The van der Waals surface area contributed by atoms with Crippen LogP contribution in [0.3, 0.4) is 0 Å². The van der Waals surface area contributed by atoms with E-state index >= 15 is 0 Å². The molecule has 1 N–H and O–H groups in total. The van der Waals surface area contributed by atoms with Crippen LogP contribution in [0.25, 0.3) is 0 Å². The van der Waals surface area contributed by atoms with Crippen molar-refractivity contribution < 1.29 is 18.8 Å². The number of nitrogens with one attached hydrogen (secondary N) is 1. The minimum atomic E-state index is -2.18.